The first kappa shape index (κ1) is 12.2. The highest BCUT2D eigenvalue weighted by molar-refractivity contribution is 5.79. The van der Waals surface area contributed by atoms with Gasteiger partial charge in [0, 0.05) is 18.7 Å². The second-order valence-electron chi connectivity index (χ2n) is 6.58. The molecular weight excluding hydrogens is 246 g/mol. The second-order valence-corrected chi connectivity index (χ2v) is 6.58. The number of rotatable bonds is 5. The molecule has 4 rings (SSSR count). The number of hydrogen-bond donors (Lipinski definition) is 1. The predicted octanol–water partition coefficient (Wildman–Crippen LogP) is 3.62. The average molecular weight is 269 g/mol. The smallest absolute Gasteiger partial charge is 0.109 e. The summed E-state index contributed by atoms with van der Waals surface area (Å²) in [5, 5.41) is 0. The quantitative estimate of drug-likeness (QED) is 0.843. The summed E-state index contributed by atoms with van der Waals surface area (Å²) in [4.78, 5) is 4.79. The van der Waals surface area contributed by atoms with Gasteiger partial charge in [0.1, 0.15) is 5.82 Å². The van der Waals surface area contributed by atoms with Crippen LogP contribution in [0.25, 0.3) is 11.0 Å². The van der Waals surface area contributed by atoms with Gasteiger partial charge in [-0.25, -0.2) is 4.98 Å². The molecule has 2 aliphatic carbocycles. The van der Waals surface area contributed by atoms with E-state index in [1.54, 1.807) is 0 Å². The van der Waals surface area contributed by atoms with Crippen molar-refractivity contribution >= 4 is 16.7 Å². The number of aryl methyl sites for hydroxylation is 1. The molecule has 2 aliphatic rings. The third-order valence-corrected chi connectivity index (χ3v) is 5.02. The highest BCUT2D eigenvalue weighted by atomic mass is 15.1. The number of benzene rings is 1. The number of imidazole rings is 1. The largest absolute Gasteiger partial charge is 0.399 e. The molecule has 2 fully saturated rings. The van der Waals surface area contributed by atoms with Crippen LogP contribution < -0.4 is 5.73 Å². The molecule has 0 spiro atoms. The first-order valence-electron chi connectivity index (χ1n) is 8.01. The number of fused-ring (bicyclic) bond motifs is 1. The molecule has 2 N–H and O–H groups in total. The normalized spacial score (nSPS) is 19.1. The Morgan fingerprint density at radius 2 is 1.95 bits per heavy atom. The molecule has 106 valence electrons. The predicted molar refractivity (Wildman–Crippen MR) is 82.5 cm³/mol. The lowest BCUT2D eigenvalue weighted by Crippen LogP contribution is -2.16. The van der Waals surface area contributed by atoms with Gasteiger partial charge in [-0.15, -0.1) is 0 Å². The highest BCUT2D eigenvalue weighted by Crippen LogP contribution is 2.50. The fourth-order valence-electron chi connectivity index (χ4n) is 3.61. The van der Waals surface area contributed by atoms with Crippen molar-refractivity contribution in [3.05, 3.63) is 24.0 Å². The fraction of sp³-hybridized carbons (Fsp3) is 0.588. The zero-order valence-corrected chi connectivity index (χ0v) is 12.2. The highest BCUT2D eigenvalue weighted by Gasteiger charge is 2.41. The molecule has 1 aromatic carbocycles. The SMILES string of the molecule is CCc1nc2cc(N)ccc2n1CC(C1CC1)C1CC1. The van der Waals surface area contributed by atoms with Crippen LogP contribution in [0.5, 0.6) is 0 Å². The summed E-state index contributed by atoms with van der Waals surface area (Å²) in [6.45, 7) is 3.36. The van der Waals surface area contributed by atoms with E-state index in [9.17, 15) is 0 Å². The summed E-state index contributed by atoms with van der Waals surface area (Å²) in [5.41, 5.74) is 9.03. The molecule has 2 saturated carbocycles. The van der Waals surface area contributed by atoms with Crippen molar-refractivity contribution in [2.75, 3.05) is 5.73 Å². The number of anilines is 1. The van der Waals surface area contributed by atoms with Gasteiger partial charge in [-0.1, -0.05) is 6.92 Å². The summed E-state index contributed by atoms with van der Waals surface area (Å²) < 4.78 is 2.47. The van der Waals surface area contributed by atoms with Crippen LogP contribution in [-0.4, -0.2) is 9.55 Å². The van der Waals surface area contributed by atoms with E-state index in [0.717, 1.165) is 35.4 Å². The lowest BCUT2D eigenvalue weighted by atomic mass is 9.97. The van der Waals surface area contributed by atoms with E-state index < -0.39 is 0 Å². The zero-order chi connectivity index (χ0) is 13.7. The van der Waals surface area contributed by atoms with Crippen LogP contribution in [-0.2, 0) is 13.0 Å². The Labute approximate surface area is 120 Å². The second kappa shape index (κ2) is 4.51. The third-order valence-electron chi connectivity index (χ3n) is 5.02. The van der Waals surface area contributed by atoms with Gasteiger partial charge in [0.05, 0.1) is 11.0 Å². The van der Waals surface area contributed by atoms with E-state index in [1.807, 2.05) is 12.1 Å². The van der Waals surface area contributed by atoms with Crippen molar-refractivity contribution in [1.82, 2.24) is 9.55 Å². The average Bonchev–Trinajstić information content (AvgIpc) is 3.33. The molecule has 0 bridgehead atoms. The Morgan fingerprint density at radius 1 is 1.25 bits per heavy atom. The molecule has 1 heterocycles. The van der Waals surface area contributed by atoms with Crippen molar-refractivity contribution in [1.29, 1.82) is 0 Å². The van der Waals surface area contributed by atoms with Crippen molar-refractivity contribution in [2.45, 2.75) is 45.6 Å². The fourth-order valence-corrected chi connectivity index (χ4v) is 3.61. The lowest BCUT2D eigenvalue weighted by Gasteiger charge is -2.18. The number of hydrogen-bond acceptors (Lipinski definition) is 2. The Kier molecular flexibility index (Phi) is 2.76. The molecule has 2 aromatic rings. The van der Waals surface area contributed by atoms with Crippen molar-refractivity contribution in [3.8, 4) is 0 Å². The molecule has 0 atom stereocenters. The molecule has 0 aliphatic heterocycles. The molecule has 20 heavy (non-hydrogen) atoms. The Balaban J connectivity index is 1.73. The lowest BCUT2D eigenvalue weighted by molar-refractivity contribution is 0.349. The third kappa shape index (κ3) is 2.09. The van der Waals surface area contributed by atoms with Gasteiger partial charge in [0.25, 0.3) is 0 Å². The molecule has 0 unspecified atom stereocenters. The maximum absolute atomic E-state index is 5.89. The van der Waals surface area contributed by atoms with E-state index in [1.165, 1.54) is 43.6 Å². The minimum Gasteiger partial charge on any atom is -0.399 e. The molecule has 3 heteroatoms. The van der Waals surface area contributed by atoms with Gasteiger partial charge >= 0.3 is 0 Å². The molecule has 0 saturated heterocycles. The van der Waals surface area contributed by atoms with Crippen LogP contribution in [0.15, 0.2) is 18.2 Å². The van der Waals surface area contributed by atoms with Crippen LogP contribution in [0.1, 0.15) is 38.4 Å². The van der Waals surface area contributed by atoms with Crippen LogP contribution in [0.4, 0.5) is 5.69 Å². The standard InChI is InChI=1S/C17H23N3/c1-2-17-19-15-9-13(18)7-8-16(15)20(17)10-14(11-3-4-11)12-5-6-12/h7-9,11-12,14H,2-6,10,18H2,1H3. The molecule has 1 aromatic heterocycles. The van der Waals surface area contributed by atoms with Crippen LogP contribution in [0, 0.1) is 17.8 Å². The summed E-state index contributed by atoms with van der Waals surface area (Å²) in [6, 6.07) is 6.16. The summed E-state index contributed by atoms with van der Waals surface area (Å²) in [6.07, 6.45) is 6.78. The number of nitrogens with zero attached hydrogens (tertiary/aromatic N) is 2. The molecule has 0 radical (unpaired) electrons. The number of nitrogens with two attached hydrogens (primary N) is 1. The van der Waals surface area contributed by atoms with E-state index in [-0.39, 0.29) is 0 Å². The van der Waals surface area contributed by atoms with Gasteiger partial charge in [0.2, 0.25) is 0 Å². The van der Waals surface area contributed by atoms with Gasteiger partial charge in [-0.2, -0.15) is 0 Å². The van der Waals surface area contributed by atoms with Crippen LogP contribution >= 0.6 is 0 Å². The van der Waals surface area contributed by atoms with Crippen molar-refractivity contribution < 1.29 is 0 Å². The van der Waals surface area contributed by atoms with Gasteiger partial charge in [0.15, 0.2) is 0 Å². The van der Waals surface area contributed by atoms with E-state index in [4.69, 9.17) is 10.7 Å². The Hall–Kier alpha value is -1.51. The van der Waals surface area contributed by atoms with E-state index in [0.29, 0.717) is 0 Å². The van der Waals surface area contributed by atoms with E-state index >= 15 is 0 Å². The van der Waals surface area contributed by atoms with Gasteiger partial charge in [-0.05, 0) is 61.6 Å². The van der Waals surface area contributed by atoms with Crippen molar-refractivity contribution in [3.63, 3.8) is 0 Å². The van der Waals surface area contributed by atoms with Crippen LogP contribution in [0.2, 0.25) is 0 Å². The first-order valence-corrected chi connectivity index (χ1v) is 8.01. The van der Waals surface area contributed by atoms with Gasteiger partial charge < -0.3 is 10.3 Å². The van der Waals surface area contributed by atoms with E-state index in [2.05, 4.69) is 17.6 Å². The topological polar surface area (TPSA) is 43.8 Å². The molecular formula is C17H23N3. The number of nitrogen functional groups attached to an aromatic ring is 1. The van der Waals surface area contributed by atoms with Gasteiger partial charge in [-0.3, -0.25) is 0 Å². The minimum absolute atomic E-state index is 0.811. The van der Waals surface area contributed by atoms with Crippen molar-refractivity contribution in [2.24, 2.45) is 17.8 Å². The summed E-state index contributed by atoms with van der Waals surface area (Å²) in [5.74, 6) is 4.07. The summed E-state index contributed by atoms with van der Waals surface area (Å²) >= 11 is 0. The number of aromatic nitrogens is 2. The Bertz CT molecular complexity index is 623. The monoisotopic (exact) mass is 269 g/mol. The maximum Gasteiger partial charge on any atom is 0.109 e. The molecule has 3 nitrogen and oxygen atoms in total. The summed E-state index contributed by atoms with van der Waals surface area (Å²) in [7, 11) is 0. The Morgan fingerprint density at radius 3 is 2.55 bits per heavy atom. The van der Waals surface area contributed by atoms with Crippen LogP contribution in [0.3, 0.4) is 0 Å². The maximum atomic E-state index is 5.89. The molecule has 0 amide bonds. The zero-order valence-electron chi connectivity index (χ0n) is 12.2. The first-order chi connectivity index (χ1) is 9.76. The minimum atomic E-state index is 0.811.